The smallest absolute Gasteiger partial charge is 0.410 e. The van der Waals surface area contributed by atoms with E-state index >= 15 is 0 Å². The number of hydrogen-bond acceptors (Lipinski definition) is 7. The molecule has 3 rings (SSSR count). The van der Waals surface area contributed by atoms with Crippen LogP contribution >= 0.6 is 0 Å². The highest BCUT2D eigenvalue weighted by Crippen LogP contribution is 2.30. The number of carbonyl (C=O) groups excluding carboxylic acids is 1. The van der Waals surface area contributed by atoms with Gasteiger partial charge in [0, 0.05) is 19.6 Å². The first-order valence-electron chi connectivity index (χ1n) is 12.4. The van der Waals surface area contributed by atoms with Gasteiger partial charge in [-0.25, -0.2) is 4.79 Å². The minimum atomic E-state index is -1.34. The van der Waals surface area contributed by atoms with Gasteiger partial charge < -0.3 is 19.1 Å². The van der Waals surface area contributed by atoms with Crippen LogP contribution in [0, 0.1) is 5.92 Å². The summed E-state index contributed by atoms with van der Waals surface area (Å²) >= 11 is -1.34. The molecule has 9 heteroatoms. The summed E-state index contributed by atoms with van der Waals surface area (Å²) in [5.74, 6) is 1.36. The zero-order valence-corrected chi connectivity index (χ0v) is 22.7. The highest BCUT2D eigenvalue weighted by Gasteiger charge is 2.35. The van der Waals surface area contributed by atoms with Gasteiger partial charge >= 0.3 is 6.09 Å². The average Bonchev–Trinajstić information content (AvgIpc) is 2.71. The van der Waals surface area contributed by atoms with E-state index in [0.29, 0.717) is 23.9 Å². The van der Waals surface area contributed by atoms with E-state index < -0.39 is 21.7 Å². The van der Waals surface area contributed by atoms with Gasteiger partial charge in [-0.2, -0.15) is 0 Å². The average molecular weight is 492 g/mol. The first-order valence-corrected chi connectivity index (χ1v) is 13.5. The van der Waals surface area contributed by atoms with Crippen LogP contribution in [0.1, 0.15) is 86.3 Å². The van der Waals surface area contributed by atoms with E-state index in [-0.39, 0.29) is 12.1 Å². The van der Waals surface area contributed by atoms with Gasteiger partial charge in [0.1, 0.15) is 33.1 Å². The van der Waals surface area contributed by atoms with E-state index in [1.165, 1.54) is 19.3 Å². The van der Waals surface area contributed by atoms with E-state index in [9.17, 15) is 9.35 Å². The summed E-state index contributed by atoms with van der Waals surface area (Å²) in [6.07, 6.45) is 5.33. The van der Waals surface area contributed by atoms with Crippen molar-refractivity contribution in [3.63, 3.8) is 0 Å². The summed E-state index contributed by atoms with van der Waals surface area (Å²) in [5, 5.41) is 8.79. The van der Waals surface area contributed by atoms with Gasteiger partial charge in [-0.3, -0.25) is 0 Å². The normalized spacial score (nSPS) is 21.1. The molecule has 1 aromatic rings. The van der Waals surface area contributed by atoms with Crippen molar-refractivity contribution in [2.24, 2.45) is 10.3 Å². The second-order valence-electron chi connectivity index (χ2n) is 11.5. The van der Waals surface area contributed by atoms with Gasteiger partial charge in [-0.05, 0) is 92.2 Å². The number of aromatic nitrogens is 2. The molecule has 2 atom stereocenters. The molecule has 1 aliphatic heterocycles. The van der Waals surface area contributed by atoms with E-state index in [4.69, 9.17) is 4.74 Å². The van der Waals surface area contributed by atoms with Crippen molar-refractivity contribution in [2.75, 3.05) is 24.5 Å². The zero-order chi connectivity index (χ0) is 25.1. The maximum Gasteiger partial charge on any atom is 0.410 e. The predicted molar refractivity (Wildman–Crippen MR) is 138 cm³/mol. The van der Waals surface area contributed by atoms with Crippen LogP contribution in [-0.4, -0.2) is 67.5 Å². The van der Waals surface area contributed by atoms with E-state index in [1.54, 1.807) is 0 Å². The lowest BCUT2D eigenvalue weighted by Gasteiger charge is -2.42. The van der Waals surface area contributed by atoms with Gasteiger partial charge in [0.15, 0.2) is 5.82 Å². The number of hydrogen-bond donors (Lipinski definition) is 0. The summed E-state index contributed by atoms with van der Waals surface area (Å²) in [4.78, 5) is 17.2. The number of amides is 1. The van der Waals surface area contributed by atoms with Crippen LogP contribution in [0.25, 0.3) is 0 Å². The fourth-order valence-electron chi connectivity index (χ4n) is 4.06. The van der Waals surface area contributed by atoms with Gasteiger partial charge in [0.2, 0.25) is 0 Å². The molecular weight excluding hydrogens is 450 g/mol. The second kappa shape index (κ2) is 10.8. The number of ether oxygens (including phenoxy) is 1. The highest BCUT2D eigenvalue weighted by atomic mass is 32.2. The van der Waals surface area contributed by atoms with Crippen LogP contribution in [0.3, 0.4) is 0 Å². The standard InChI is InChI=1S/C25H41N5O3S/c1-18(28-34(32)25(5,6)7)21-13-14-22(27-26-21)29-15-9-12-20(17-29)30(16-19-10-8-11-19)23(31)33-24(2,3)4/h13-14,19-20H,8-12,15-17H2,1-7H3/b28-18+/t20-,34?/m1/s1. The number of anilines is 1. The summed E-state index contributed by atoms with van der Waals surface area (Å²) in [7, 11) is 0. The van der Waals surface area contributed by atoms with Crippen molar-refractivity contribution in [3.05, 3.63) is 17.8 Å². The fourth-order valence-corrected chi connectivity index (χ4v) is 4.68. The Balaban J connectivity index is 1.70. The van der Waals surface area contributed by atoms with Crippen molar-refractivity contribution in [1.29, 1.82) is 0 Å². The molecule has 0 bridgehead atoms. The Morgan fingerprint density at radius 3 is 2.41 bits per heavy atom. The Hall–Kier alpha value is -1.87. The van der Waals surface area contributed by atoms with E-state index in [0.717, 1.165) is 31.7 Å². The minimum Gasteiger partial charge on any atom is -0.591 e. The molecule has 0 aromatic carbocycles. The molecule has 1 amide bonds. The van der Waals surface area contributed by atoms with Crippen molar-refractivity contribution in [1.82, 2.24) is 15.1 Å². The number of rotatable bonds is 6. The van der Waals surface area contributed by atoms with Crippen molar-refractivity contribution >= 4 is 29.0 Å². The van der Waals surface area contributed by atoms with Crippen LogP contribution in [-0.2, 0) is 16.1 Å². The molecule has 1 aliphatic carbocycles. The van der Waals surface area contributed by atoms with Crippen LogP contribution in [0.15, 0.2) is 16.5 Å². The van der Waals surface area contributed by atoms with E-state index in [1.807, 2.05) is 65.5 Å². The quantitative estimate of drug-likeness (QED) is 0.421. The Labute approximate surface area is 207 Å². The molecule has 0 spiro atoms. The fraction of sp³-hybridized carbons (Fsp3) is 0.760. The van der Waals surface area contributed by atoms with Crippen molar-refractivity contribution in [2.45, 2.75) is 97.0 Å². The first kappa shape index (κ1) is 26.7. The van der Waals surface area contributed by atoms with Crippen molar-refractivity contribution in [3.8, 4) is 0 Å². The third kappa shape index (κ3) is 7.31. The molecule has 190 valence electrons. The van der Waals surface area contributed by atoms with Crippen LogP contribution < -0.4 is 4.90 Å². The van der Waals surface area contributed by atoms with Crippen LogP contribution in [0.2, 0.25) is 0 Å². The van der Waals surface area contributed by atoms with Crippen LogP contribution in [0.5, 0.6) is 0 Å². The Kier molecular flexibility index (Phi) is 8.50. The Bertz CT molecular complexity index is 859. The molecule has 0 N–H and O–H groups in total. The maximum atomic E-state index is 13.1. The van der Waals surface area contributed by atoms with E-state index in [2.05, 4.69) is 19.5 Å². The molecule has 2 aliphatic rings. The Morgan fingerprint density at radius 1 is 1.18 bits per heavy atom. The lowest BCUT2D eigenvalue weighted by atomic mass is 9.84. The largest absolute Gasteiger partial charge is 0.591 e. The third-order valence-electron chi connectivity index (χ3n) is 6.23. The molecule has 2 fully saturated rings. The van der Waals surface area contributed by atoms with Gasteiger partial charge in [-0.1, -0.05) is 10.8 Å². The maximum absolute atomic E-state index is 13.1. The molecular formula is C25H41N5O3S. The molecule has 1 saturated carbocycles. The molecule has 0 radical (unpaired) electrons. The van der Waals surface area contributed by atoms with Gasteiger partial charge in [-0.15, -0.1) is 10.2 Å². The van der Waals surface area contributed by atoms with Crippen molar-refractivity contribution < 1.29 is 14.1 Å². The highest BCUT2D eigenvalue weighted by molar-refractivity contribution is 7.91. The number of piperidine rings is 1. The second-order valence-corrected chi connectivity index (χ2v) is 13.4. The number of carbonyl (C=O) groups is 1. The SMILES string of the molecule is C/C(=N\[S+]([O-])C(C)(C)C)c1ccc(N2CCC[C@@H](N(CC3CCC3)C(=O)OC(C)(C)C)C2)nn1. The lowest BCUT2D eigenvalue weighted by molar-refractivity contribution is 0.00733. The van der Waals surface area contributed by atoms with Crippen LogP contribution in [0.4, 0.5) is 10.6 Å². The molecule has 34 heavy (non-hydrogen) atoms. The molecule has 2 heterocycles. The number of nitrogens with zero attached hydrogens (tertiary/aromatic N) is 5. The summed E-state index contributed by atoms with van der Waals surface area (Å²) in [6.45, 7) is 15.6. The lowest BCUT2D eigenvalue weighted by Crippen LogP contribution is -2.53. The third-order valence-corrected chi connectivity index (χ3v) is 7.72. The predicted octanol–water partition coefficient (Wildman–Crippen LogP) is 4.75. The summed E-state index contributed by atoms with van der Waals surface area (Å²) in [5.41, 5.74) is 0.719. The summed E-state index contributed by atoms with van der Waals surface area (Å²) in [6, 6.07) is 3.90. The molecule has 1 unspecified atom stereocenters. The zero-order valence-electron chi connectivity index (χ0n) is 21.8. The topological polar surface area (TPSA) is 94.0 Å². The minimum absolute atomic E-state index is 0.0863. The summed E-state index contributed by atoms with van der Waals surface area (Å²) < 4.78 is 22.0. The Morgan fingerprint density at radius 2 is 1.88 bits per heavy atom. The monoisotopic (exact) mass is 491 g/mol. The molecule has 1 aromatic heterocycles. The van der Waals surface area contributed by atoms with Gasteiger partial charge in [0.05, 0.1) is 6.04 Å². The first-order chi connectivity index (χ1) is 15.8. The molecule has 1 saturated heterocycles. The molecule has 8 nitrogen and oxygen atoms in total. The van der Waals surface area contributed by atoms with Gasteiger partial charge in [0.25, 0.3) is 0 Å².